The minimum Gasteiger partial charge on any atom is -0.147 e. The molecule has 0 spiro atoms. The summed E-state index contributed by atoms with van der Waals surface area (Å²) in [6.07, 6.45) is 0. The van der Waals surface area contributed by atoms with Gasteiger partial charge in [0.25, 0.3) is 0 Å². The maximum absolute atomic E-state index is 3.15. The van der Waals surface area contributed by atoms with Crippen molar-refractivity contribution in [1.82, 2.24) is 0 Å². The van der Waals surface area contributed by atoms with Gasteiger partial charge in [-0.15, -0.1) is 47.2 Å². The molecule has 0 aliphatic heterocycles. The van der Waals surface area contributed by atoms with Crippen LogP contribution in [0.2, 0.25) is 0 Å². The van der Waals surface area contributed by atoms with Gasteiger partial charge in [0.15, 0.2) is 0 Å². The summed E-state index contributed by atoms with van der Waals surface area (Å²) in [4.78, 5) is 0. The molecule has 2 rings (SSSR count). The predicted octanol–water partition coefficient (Wildman–Crippen LogP) is 3.52. The number of hydrogen-bond acceptors (Lipinski definition) is 0. The van der Waals surface area contributed by atoms with E-state index in [4.69, 9.17) is 0 Å². The summed E-state index contributed by atoms with van der Waals surface area (Å²) < 4.78 is 0. The Labute approximate surface area is 93.2 Å². The minimum absolute atomic E-state index is 1.19. The van der Waals surface area contributed by atoms with Gasteiger partial charge in [-0.05, 0) is 0 Å². The standard InChI is InChI=1S/C10H7.HI.Zn/c1-2-6-10-8-4-3-7-9(10)5-1;;/h1-7H;1H;/q-1;;+2/p-1. The van der Waals surface area contributed by atoms with Crippen LogP contribution < -0.4 is 0 Å². The second kappa shape index (κ2) is 5.66. The van der Waals surface area contributed by atoms with Crippen LogP contribution in [0.25, 0.3) is 10.8 Å². The Hall–Kier alpha value is 0.0534. The summed E-state index contributed by atoms with van der Waals surface area (Å²) in [5.41, 5.74) is 0. The summed E-state index contributed by atoms with van der Waals surface area (Å²) in [7, 11) is 0. The molecule has 0 saturated heterocycles. The van der Waals surface area contributed by atoms with Gasteiger partial charge in [-0.2, -0.15) is 0 Å². The van der Waals surface area contributed by atoms with Crippen LogP contribution in [0, 0.1) is 6.07 Å². The van der Waals surface area contributed by atoms with Gasteiger partial charge in [0, 0.05) is 0 Å². The third kappa shape index (κ3) is 2.53. The molecule has 2 aromatic carbocycles. The van der Waals surface area contributed by atoms with Gasteiger partial charge in [-0.3, -0.25) is 0 Å². The Morgan fingerprint density at radius 2 is 1.67 bits per heavy atom. The SMILES string of the molecule is [Zn+][I].[c-]1cccc2ccccc12. The van der Waals surface area contributed by atoms with Crippen LogP contribution in [-0.2, 0) is 14.8 Å². The van der Waals surface area contributed by atoms with E-state index in [1.807, 2.05) is 24.3 Å². The second-order valence-electron chi connectivity index (χ2n) is 2.26. The first-order chi connectivity index (χ1) is 5.97. The van der Waals surface area contributed by atoms with Gasteiger partial charge in [0.2, 0.25) is 0 Å². The molecule has 56 valence electrons. The van der Waals surface area contributed by atoms with E-state index in [0.717, 1.165) is 0 Å². The van der Waals surface area contributed by atoms with Crippen molar-refractivity contribution < 1.29 is 14.8 Å². The molecule has 0 N–H and O–H groups in total. The molecule has 0 amide bonds. The second-order valence-corrected chi connectivity index (χ2v) is 2.26. The first-order valence-corrected chi connectivity index (χ1v) is 12.6. The van der Waals surface area contributed by atoms with Gasteiger partial charge in [-0.1, -0.05) is 12.1 Å². The van der Waals surface area contributed by atoms with Gasteiger partial charge in [0.05, 0.1) is 0 Å². The van der Waals surface area contributed by atoms with E-state index < -0.39 is 0 Å². The molecule has 0 heterocycles. The monoisotopic (exact) mass is 318 g/mol. The van der Waals surface area contributed by atoms with E-state index in [1.54, 1.807) is 0 Å². The molecular weight excluding hydrogens is 312 g/mol. The number of benzene rings is 2. The van der Waals surface area contributed by atoms with Crippen molar-refractivity contribution in [3.05, 3.63) is 48.5 Å². The van der Waals surface area contributed by atoms with Crippen LogP contribution >= 0.6 is 19.8 Å². The normalized spacial score (nSPS) is 8.92. The fraction of sp³-hybridized carbons (Fsp3) is 0. The Morgan fingerprint density at radius 1 is 1.00 bits per heavy atom. The number of hydrogen-bond donors (Lipinski definition) is 0. The van der Waals surface area contributed by atoms with Crippen LogP contribution in [0.3, 0.4) is 0 Å². The number of halogens is 1. The molecule has 0 unspecified atom stereocenters. The molecule has 0 radical (unpaired) electrons. The van der Waals surface area contributed by atoms with Crippen molar-refractivity contribution in [1.29, 1.82) is 0 Å². The van der Waals surface area contributed by atoms with Gasteiger partial charge < -0.3 is 0 Å². The maximum Gasteiger partial charge on any atom is -0.0801 e. The Balaban J connectivity index is 0.000000336. The Morgan fingerprint density at radius 3 is 2.42 bits per heavy atom. The van der Waals surface area contributed by atoms with Crippen LogP contribution in [0.15, 0.2) is 42.5 Å². The van der Waals surface area contributed by atoms with Crippen LogP contribution in [0.5, 0.6) is 0 Å². The molecule has 0 aliphatic carbocycles. The number of fused-ring (bicyclic) bond motifs is 1. The molecule has 0 fully saturated rings. The average Bonchev–Trinajstić information content (AvgIpc) is 2.21. The summed E-state index contributed by atoms with van der Waals surface area (Å²) in [5.74, 6) is 0. The number of rotatable bonds is 0. The summed E-state index contributed by atoms with van der Waals surface area (Å²) in [6.45, 7) is 0. The summed E-state index contributed by atoms with van der Waals surface area (Å²) in [6, 6.07) is 17.4. The zero-order valence-corrected chi connectivity index (χ0v) is 11.8. The van der Waals surface area contributed by atoms with E-state index in [2.05, 4.69) is 44.0 Å². The third-order valence-electron chi connectivity index (χ3n) is 1.57. The minimum atomic E-state index is 1.19. The molecule has 2 aromatic rings. The van der Waals surface area contributed by atoms with Crippen molar-refractivity contribution in [2.75, 3.05) is 0 Å². The smallest absolute Gasteiger partial charge is 0.0801 e. The first kappa shape index (κ1) is 10.1. The molecule has 0 bridgehead atoms. The van der Waals surface area contributed by atoms with Gasteiger partial charge >= 0.3 is 34.5 Å². The van der Waals surface area contributed by atoms with E-state index in [-0.39, 0.29) is 0 Å². The molecule has 0 nitrogen and oxygen atoms in total. The van der Waals surface area contributed by atoms with Crippen molar-refractivity contribution in [2.45, 2.75) is 0 Å². The molecule has 2 heteroatoms. The molecule has 0 aliphatic rings. The van der Waals surface area contributed by atoms with E-state index in [9.17, 15) is 0 Å². The fourth-order valence-electron chi connectivity index (χ4n) is 1.06. The van der Waals surface area contributed by atoms with Crippen LogP contribution in [0.1, 0.15) is 0 Å². The van der Waals surface area contributed by atoms with Gasteiger partial charge in [0.1, 0.15) is 0 Å². The summed E-state index contributed by atoms with van der Waals surface area (Å²) >= 11 is 3.62. The third-order valence-corrected chi connectivity index (χ3v) is 1.57. The van der Waals surface area contributed by atoms with Gasteiger partial charge in [-0.25, -0.2) is 0 Å². The van der Waals surface area contributed by atoms with E-state index >= 15 is 0 Å². The molecule has 0 saturated carbocycles. The van der Waals surface area contributed by atoms with Crippen molar-refractivity contribution in [3.8, 4) is 0 Å². The van der Waals surface area contributed by atoms with E-state index in [0.29, 0.717) is 0 Å². The quantitative estimate of drug-likeness (QED) is 0.396. The molecule has 0 aromatic heterocycles. The fourth-order valence-corrected chi connectivity index (χ4v) is 1.06. The maximum atomic E-state index is 3.15. The largest absolute Gasteiger partial charge is 0.147 e. The predicted molar refractivity (Wildman–Crippen MR) is 56.8 cm³/mol. The van der Waals surface area contributed by atoms with Crippen molar-refractivity contribution in [3.63, 3.8) is 0 Å². The molecule has 0 atom stereocenters. The first-order valence-electron chi connectivity index (χ1n) is 3.59. The van der Waals surface area contributed by atoms with Crippen LogP contribution in [-0.4, -0.2) is 0 Å². The van der Waals surface area contributed by atoms with Crippen molar-refractivity contribution in [2.24, 2.45) is 0 Å². The zero-order chi connectivity index (χ0) is 8.81. The summed E-state index contributed by atoms with van der Waals surface area (Å²) in [5, 5.41) is 2.44. The Bertz CT molecular complexity index is 281. The van der Waals surface area contributed by atoms with Crippen LogP contribution in [0.4, 0.5) is 0 Å². The topological polar surface area (TPSA) is 0 Å². The van der Waals surface area contributed by atoms with E-state index in [1.165, 1.54) is 25.6 Å². The average molecular weight is 319 g/mol. The van der Waals surface area contributed by atoms with Crippen molar-refractivity contribution >= 4 is 30.5 Å². The molecular formula is C10H7IZn. The zero-order valence-electron chi connectivity index (χ0n) is 6.63. The molecule has 12 heavy (non-hydrogen) atoms. The Kier molecular flexibility index (Phi) is 4.78.